The number of benzene rings is 1. The van der Waals surface area contributed by atoms with Crippen LogP contribution in [0.5, 0.6) is 0 Å². The lowest BCUT2D eigenvalue weighted by atomic mass is 9.74. The Labute approximate surface area is 278 Å². The predicted octanol–water partition coefficient (Wildman–Crippen LogP) is 2.57. The Morgan fingerprint density at radius 1 is 0.979 bits per heavy atom. The Morgan fingerprint density at radius 2 is 1.60 bits per heavy atom. The molecule has 266 valence electrons. The van der Waals surface area contributed by atoms with Crippen LogP contribution in [0.2, 0.25) is 0 Å². The zero-order valence-electron chi connectivity index (χ0n) is 27.9. The largest absolute Gasteiger partial charge is 0.479 e. The van der Waals surface area contributed by atoms with Crippen LogP contribution in [0.25, 0.3) is 0 Å². The quantitative estimate of drug-likeness (QED) is 0.125. The van der Waals surface area contributed by atoms with Crippen molar-refractivity contribution in [2.24, 2.45) is 23.7 Å². The molecule has 2 fully saturated rings. The van der Waals surface area contributed by atoms with Gasteiger partial charge in [-0.3, -0.25) is 4.79 Å². The van der Waals surface area contributed by atoms with E-state index >= 15 is 0 Å². The van der Waals surface area contributed by atoms with E-state index in [1.165, 1.54) is 13.0 Å². The van der Waals surface area contributed by atoms with Crippen molar-refractivity contribution in [3.05, 3.63) is 48.0 Å². The van der Waals surface area contributed by atoms with Gasteiger partial charge in [-0.15, -0.1) is 0 Å². The maximum Gasteiger partial charge on any atom is 0.344 e. The van der Waals surface area contributed by atoms with Crippen molar-refractivity contribution in [1.82, 2.24) is 0 Å². The lowest BCUT2D eigenvalue weighted by Gasteiger charge is -2.49. The number of rotatable bonds is 16. The first-order valence-electron chi connectivity index (χ1n) is 15.9. The number of aliphatic hydroxyl groups excluding tert-OH is 1. The number of aliphatic hydroxyl groups is 2. The first kappa shape index (κ1) is 38.6. The molecule has 2 bridgehead atoms. The van der Waals surface area contributed by atoms with E-state index in [1.54, 1.807) is 13.8 Å². The molecule has 14 nitrogen and oxygen atoms in total. The Hall–Kier alpha value is -3.85. The minimum absolute atomic E-state index is 0.121. The third kappa shape index (κ3) is 7.41. The number of carboxylic acid groups (broad SMARTS) is 3. The standard InChI is InChI=1S/C34H46O14/c1-7-18(2)15-19(3)13-14-24(36)46-27-26(37)32(47-28(29(38)39)33(44,30(40)41)34(27,48-32)31(42)43)17-21(5)25(45-22(6)35)20(4)16-23-11-9-8-10-12-23/h8-14,18-21,25-28,37,44H,7,15-17H2,1-6H3,(H,38,39)(H,40,41)(H,42,43)/b14-13+/t18-,19+,20+,21?,25-,26+,27+,28+,32-,33+,34-/m0/s1. The monoisotopic (exact) mass is 678 g/mol. The molecule has 0 spiro atoms. The molecule has 1 unspecified atom stereocenters. The summed E-state index contributed by atoms with van der Waals surface area (Å²) in [5, 5.41) is 53.8. The van der Waals surface area contributed by atoms with Gasteiger partial charge in [-0.1, -0.05) is 77.4 Å². The first-order valence-corrected chi connectivity index (χ1v) is 15.9. The molecule has 2 aliphatic heterocycles. The molecule has 48 heavy (non-hydrogen) atoms. The second-order valence-electron chi connectivity index (χ2n) is 13.2. The van der Waals surface area contributed by atoms with Crippen molar-refractivity contribution in [1.29, 1.82) is 0 Å². The smallest absolute Gasteiger partial charge is 0.344 e. The van der Waals surface area contributed by atoms with Crippen LogP contribution < -0.4 is 0 Å². The molecule has 0 saturated carbocycles. The van der Waals surface area contributed by atoms with Crippen molar-refractivity contribution in [3.8, 4) is 0 Å². The zero-order valence-corrected chi connectivity index (χ0v) is 27.9. The Bertz CT molecular complexity index is 1380. The van der Waals surface area contributed by atoms with Crippen molar-refractivity contribution in [2.45, 2.75) is 109 Å². The molecule has 0 aromatic heterocycles. The normalized spacial score (nSPS) is 31.3. The zero-order chi connectivity index (χ0) is 36.2. The molecule has 14 heteroatoms. The molecule has 0 amide bonds. The summed E-state index contributed by atoms with van der Waals surface area (Å²) in [7, 11) is 0. The highest BCUT2D eigenvalue weighted by Crippen LogP contribution is 2.56. The summed E-state index contributed by atoms with van der Waals surface area (Å²) in [4.78, 5) is 63.2. The van der Waals surface area contributed by atoms with Gasteiger partial charge in [0.15, 0.2) is 6.10 Å². The highest BCUT2D eigenvalue weighted by molar-refractivity contribution is 5.98. The van der Waals surface area contributed by atoms with Gasteiger partial charge in [0.05, 0.1) is 0 Å². The van der Waals surface area contributed by atoms with Crippen LogP contribution in [0.3, 0.4) is 0 Å². The fourth-order valence-corrected chi connectivity index (χ4v) is 6.84. The maximum atomic E-state index is 13.1. The second kappa shape index (κ2) is 15.1. The molecule has 2 saturated heterocycles. The lowest BCUT2D eigenvalue weighted by molar-refractivity contribution is -0.377. The molecule has 1 aromatic rings. The molecule has 0 radical (unpaired) electrons. The van der Waals surface area contributed by atoms with Gasteiger partial charge in [0.1, 0.15) is 12.2 Å². The molecule has 2 heterocycles. The van der Waals surface area contributed by atoms with Crippen molar-refractivity contribution < 1.29 is 68.5 Å². The Morgan fingerprint density at radius 3 is 2.12 bits per heavy atom. The first-order chi connectivity index (χ1) is 22.4. The van der Waals surface area contributed by atoms with Gasteiger partial charge < -0.3 is 44.5 Å². The summed E-state index contributed by atoms with van der Waals surface area (Å²) in [6.07, 6.45) is -4.65. The van der Waals surface area contributed by atoms with Gasteiger partial charge in [0.2, 0.25) is 23.1 Å². The number of carbonyl (C=O) groups is 5. The minimum atomic E-state index is -3.90. The molecule has 11 atom stereocenters. The van der Waals surface area contributed by atoms with Crippen LogP contribution in [0.15, 0.2) is 42.5 Å². The molecule has 1 aromatic carbocycles. The molecule has 5 N–H and O–H groups in total. The lowest BCUT2D eigenvalue weighted by Crippen LogP contribution is -2.78. The average Bonchev–Trinajstić information content (AvgIpc) is 3.22. The van der Waals surface area contributed by atoms with Gasteiger partial charge in [0.25, 0.3) is 0 Å². The van der Waals surface area contributed by atoms with Crippen LogP contribution in [-0.4, -0.2) is 96.8 Å². The number of aliphatic carboxylic acids is 3. The van der Waals surface area contributed by atoms with Gasteiger partial charge in [0, 0.05) is 19.4 Å². The van der Waals surface area contributed by atoms with Crippen LogP contribution in [0.4, 0.5) is 0 Å². The predicted molar refractivity (Wildman–Crippen MR) is 166 cm³/mol. The van der Waals surface area contributed by atoms with E-state index in [4.69, 9.17) is 18.9 Å². The topological polar surface area (TPSA) is 223 Å². The summed E-state index contributed by atoms with van der Waals surface area (Å²) in [6, 6.07) is 9.21. The number of carbonyl (C=O) groups excluding carboxylic acids is 2. The summed E-state index contributed by atoms with van der Waals surface area (Å²) in [6.45, 7) is 10.4. The Kier molecular flexibility index (Phi) is 12.2. The molecular weight excluding hydrogens is 632 g/mol. The van der Waals surface area contributed by atoms with E-state index in [0.29, 0.717) is 18.8 Å². The van der Waals surface area contributed by atoms with E-state index in [0.717, 1.165) is 18.1 Å². The van der Waals surface area contributed by atoms with Crippen LogP contribution in [0, 0.1) is 23.7 Å². The van der Waals surface area contributed by atoms with Gasteiger partial charge in [-0.2, -0.15) is 0 Å². The number of carboxylic acids is 3. The summed E-state index contributed by atoms with van der Waals surface area (Å²) < 4.78 is 22.3. The van der Waals surface area contributed by atoms with E-state index in [9.17, 15) is 49.5 Å². The third-order valence-corrected chi connectivity index (χ3v) is 9.31. The third-order valence-electron chi connectivity index (χ3n) is 9.31. The SMILES string of the molecule is CC[C@H](C)C[C@H](C)/C=C/C(=O)O[C@@H]1[C@@H](O)[C@@]2(CC(C)[C@@H](OC(C)=O)[C@H](C)Cc3ccccc3)O[C@H](C(=O)O)[C@@](O)(C(=O)O)[C@]1(C(=O)O)O2. The van der Waals surface area contributed by atoms with Gasteiger partial charge in [-0.05, 0) is 42.1 Å². The summed E-state index contributed by atoms with van der Waals surface area (Å²) in [5.41, 5.74) is -6.56. The number of allylic oxidation sites excluding steroid dienone is 1. The van der Waals surface area contributed by atoms with Gasteiger partial charge in [-0.25, -0.2) is 19.2 Å². The number of fused-ring (bicyclic) bond motifs is 2. The van der Waals surface area contributed by atoms with Crippen molar-refractivity contribution in [2.75, 3.05) is 0 Å². The van der Waals surface area contributed by atoms with E-state index in [1.807, 2.05) is 51.1 Å². The maximum absolute atomic E-state index is 13.1. The average molecular weight is 679 g/mol. The highest BCUT2D eigenvalue weighted by atomic mass is 16.8. The fraction of sp³-hybridized carbons (Fsp3) is 0.618. The number of hydrogen-bond donors (Lipinski definition) is 5. The van der Waals surface area contributed by atoms with Crippen LogP contribution in [0.1, 0.15) is 66.4 Å². The second-order valence-corrected chi connectivity index (χ2v) is 13.2. The molecule has 3 rings (SSSR count). The number of esters is 2. The van der Waals surface area contributed by atoms with Crippen molar-refractivity contribution in [3.63, 3.8) is 0 Å². The fourth-order valence-electron chi connectivity index (χ4n) is 6.84. The number of ether oxygens (including phenoxy) is 4. The van der Waals surface area contributed by atoms with E-state index < -0.39 is 89.5 Å². The van der Waals surface area contributed by atoms with E-state index in [-0.39, 0.29) is 5.92 Å². The summed E-state index contributed by atoms with van der Waals surface area (Å²) >= 11 is 0. The minimum Gasteiger partial charge on any atom is -0.479 e. The van der Waals surface area contributed by atoms with Crippen LogP contribution in [-0.2, 0) is 49.3 Å². The summed E-state index contributed by atoms with van der Waals surface area (Å²) in [5.74, 6) is -12.3. The van der Waals surface area contributed by atoms with Crippen LogP contribution >= 0.6 is 0 Å². The van der Waals surface area contributed by atoms with Crippen molar-refractivity contribution >= 4 is 29.8 Å². The molecular formula is C34H46O14. The molecule has 0 aliphatic carbocycles. The van der Waals surface area contributed by atoms with Gasteiger partial charge >= 0.3 is 29.8 Å². The Balaban J connectivity index is 2.09. The number of hydrogen-bond acceptors (Lipinski definition) is 11. The molecule has 2 aliphatic rings. The highest BCUT2D eigenvalue weighted by Gasteiger charge is 2.86. The van der Waals surface area contributed by atoms with E-state index in [2.05, 4.69) is 0 Å².